The minimum atomic E-state index is 0.527. The zero-order valence-electron chi connectivity index (χ0n) is 12.7. The largest absolute Gasteiger partial charge is 0.273 e. The predicted molar refractivity (Wildman–Crippen MR) is 94.9 cm³/mol. The molecular weight excluding hydrogens is 338 g/mol. The summed E-state index contributed by atoms with van der Waals surface area (Å²) in [6.07, 6.45) is 4.00. The third kappa shape index (κ3) is 2.40. The molecule has 3 heterocycles. The lowest BCUT2D eigenvalue weighted by molar-refractivity contribution is 0.828. The summed E-state index contributed by atoms with van der Waals surface area (Å²) in [7, 11) is 0. The van der Waals surface area contributed by atoms with E-state index in [-0.39, 0.29) is 0 Å². The van der Waals surface area contributed by atoms with Crippen molar-refractivity contribution in [3.8, 4) is 5.69 Å². The standard InChI is InChI=1S/C17H13N5S2/c1-2-4-12(5-3-1)22-15(11-6-7-11)20-21-17(22)24-16-14-13(8-9-23-14)18-10-19-16/h1-5,8-11H,6-7H2. The van der Waals surface area contributed by atoms with Crippen LogP contribution < -0.4 is 0 Å². The van der Waals surface area contributed by atoms with Crippen molar-refractivity contribution in [3.05, 3.63) is 53.9 Å². The van der Waals surface area contributed by atoms with E-state index >= 15 is 0 Å². The lowest BCUT2D eigenvalue weighted by Gasteiger charge is -2.09. The summed E-state index contributed by atoms with van der Waals surface area (Å²) in [5.41, 5.74) is 2.08. The quantitative estimate of drug-likeness (QED) is 0.513. The van der Waals surface area contributed by atoms with Gasteiger partial charge in [0.1, 0.15) is 17.2 Å². The number of hydrogen-bond acceptors (Lipinski definition) is 6. The molecule has 4 aromatic rings. The Bertz CT molecular complexity index is 1000. The van der Waals surface area contributed by atoms with Crippen LogP contribution >= 0.6 is 23.1 Å². The van der Waals surface area contributed by atoms with Crippen LogP contribution in [-0.4, -0.2) is 24.7 Å². The average molecular weight is 351 g/mol. The van der Waals surface area contributed by atoms with Crippen molar-refractivity contribution >= 4 is 33.3 Å². The van der Waals surface area contributed by atoms with Gasteiger partial charge in [-0.2, -0.15) is 0 Å². The van der Waals surface area contributed by atoms with Crippen LogP contribution in [0.4, 0.5) is 0 Å². The van der Waals surface area contributed by atoms with Crippen LogP contribution in [0.15, 0.2) is 58.3 Å². The Hall–Kier alpha value is -2.25. The fourth-order valence-corrected chi connectivity index (χ4v) is 4.54. The second-order valence-electron chi connectivity index (χ2n) is 5.70. The molecule has 1 aromatic carbocycles. The number of fused-ring (bicyclic) bond motifs is 1. The van der Waals surface area contributed by atoms with Gasteiger partial charge >= 0.3 is 0 Å². The second kappa shape index (κ2) is 5.68. The van der Waals surface area contributed by atoms with Gasteiger partial charge in [-0.1, -0.05) is 18.2 Å². The molecular formula is C17H13N5S2. The van der Waals surface area contributed by atoms with Crippen molar-refractivity contribution in [2.45, 2.75) is 28.9 Å². The molecule has 0 radical (unpaired) electrons. The Labute approximate surface area is 146 Å². The number of rotatable bonds is 4. The fourth-order valence-electron chi connectivity index (χ4n) is 2.70. The van der Waals surface area contributed by atoms with E-state index in [4.69, 9.17) is 0 Å². The first kappa shape index (κ1) is 14.1. The predicted octanol–water partition coefficient (Wildman–Crippen LogP) is 4.30. The SMILES string of the molecule is c1ccc(-n2c(Sc3ncnc4ccsc34)nnc2C2CC2)cc1. The summed E-state index contributed by atoms with van der Waals surface area (Å²) in [6, 6.07) is 12.3. The van der Waals surface area contributed by atoms with Crippen LogP contribution in [-0.2, 0) is 0 Å². The van der Waals surface area contributed by atoms with Gasteiger partial charge in [-0.15, -0.1) is 21.5 Å². The van der Waals surface area contributed by atoms with Gasteiger partial charge in [-0.3, -0.25) is 4.57 Å². The monoisotopic (exact) mass is 351 g/mol. The highest BCUT2D eigenvalue weighted by Crippen LogP contribution is 2.42. The number of thiophene rings is 1. The first-order valence-electron chi connectivity index (χ1n) is 7.77. The minimum Gasteiger partial charge on any atom is -0.273 e. The Morgan fingerprint density at radius 2 is 1.92 bits per heavy atom. The van der Waals surface area contributed by atoms with Crippen molar-refractivity contribution in [1.82, 2.24) is 24.7 Å². The maximum Gasteiger partial charge on any atom is 0.202 e. The van der Waals surface area contributed by atoms with Gasteiger partial charge in [0.15, 0.2) is 0 Å². The molecule has 3 aromatic heterocycles. The normalized spacial score (nSPS) is 14.3. The van der Waals surface area contributed by atoms with E-state index in [2.05, 4.69) is 36.9 Å². The lowest BCUT2D eigenvalue weighted by atomic mass is 10.3. The van der Waals surface area contributed by atoms with Crippen molar-refractivity contribution < 1.29 is 0 Å². The molecule has 5 nitrogen and oxygen atoms in total. The molecule has 1 aliphatic carbocycles. The molecule has 0 N–H and O–H groups in total. The molecule has 0 bridgehead atoms. The number of para-hydroxylation sites is 1. The van der Waals surface area contributed by atoms with E-state index < -0.39 is 0 Å². The van der Waals surface area contributed by atoms with Gasteiger partial charge in [-0.25, -0.2) is 9.97 Å². The topological polar surface area (TPSA) is 56.5 Å². The summed E-state index contributed by atoms with van der Waals surface area (Å²) in [6.45, 7) is 0. The first-order chi connectivity index (χ1) is 11.9. The molecule has 7 heteroatoms. The molecule has 0 unspecified atom stereocenters. The summed E-state index contributed by atoms with van der Waals surface area (Å²) >= 11 is 3.21. The van der Waals surface area contributed by atoms with Crippen LogP contribution in [0.3, 0.4) is 0 Å². The summed E-state index contributed by atoms with van der Waals surface area (Å²) in [4.78, 5) is 8.77. The number of nitrogens with zero attached hydrogens (tertiary/aromatic N) is 5. The third-order valence-electron chi connectivity index (χ3n) is 4.01. The van der Waals surface area contributed by atoms with Gasteiger partial charge in [0.05, 0.1) is 10.2 Å². The van der Waals surface area contributed by atoms with Gasteiger partial charge in [0.2, 0.25) is 5.16 Å². The fraction of sp³-hybridized carbons (Fsp3) is 0.176. The van der Waals surface area contributed by atoms with E-state index in [0.717, 1.165) is 31.9 Å². The Balaban J connectivity index is 1.62. The number of aromatic nitrogens is 5. The average Bonchev–Trinajstić information content (AvgIpc) is 3.19. The molecule has 0 spiro atoms. The van der Waals surface area contributed by atoms with Crippen LogP contribution in [0.25, 0.3) is 15.9 Å². The molecule has 1 aliphatic rings. The highest BCUT2D eigenvalue weighted by molar-refractivity contribution is 7.99. The van der Waals surface area contributed by atoms with Gasteiger partial charge in [-0.05, 0) is 48.2 Å². The lowest BCUT2D eigenvalue weighted by Crippen LogP contribution is -2.01. The highest BCUT2D eigenvalue weighted by Gasteiger charge is 2.31. The molecule has 5 rings (SSSR count). The van der Waals surface area contributed by atoms with E-state index in [1.807, 2.05) is 29.6 Å². The van der Waals surface area contributed by atoms with Gasteiger partial charge < -0.3 is 0 Å². The van der Waals surface area contributed by atoms with Gasteiger partial charge in [0.25, 0.3) is 0 Å². The molecule has 1 saturated carbocycles. The zero-order chi connectivity index (χ0) is 15.9. The smallest absolute Gasteiger partial charge is 0.202 e. The summed E-state index contributed by atoms with van der Waals surface area (Å²) in [5.74, 6) is 1.58. The molecule has 0 aliphatic heterocycles. The third-order valence-corrected chi connectivity index (χ3v) is 6.00. The van der Waals surface area contributed by atoms with Gasteiger partial charge in [0, 0.05) is 11.6 Å². The van der Waals surface area contributed by atoms with Crippen molar-refractivity contribution in [1.29, 1.82) is 0 Å². The Morgan fingerprint density at radius 1 is 1.04 bits per heavy atom. The molecule has 0 amide bonds. The van der Waals surface area contributed by atoms with E-state index in [9.17, 15) is 0 Å². The van der Waals surface area contributed by atoms with Crippen LogP contribution in [0.1, 0.15) is 24.6 Å². The van der Waals surface area contributed by atoms with Crippen LogP contribution in [0, 0.1) is 0 Å². The first-order valence-corrected chi connectivity index (χ1v) is 9.46. The minimum absolute atomic E-state index is 0.527. The molecule has 0 saturated heterocycles. The Morgan fingerprint density at radius 3 is 2.75 bits per heavy atom. The van der Waals surface area contributed by atoms with Crippen LogP contribution in [0.2, 0.25) is 0 Å². The summed E-state index contributed by atoms with van der Waals surface area (Å²) < 4.78 is 3.27. The second-order valence-corrected chi connectivity index (χ2v) is 7.57. The Kier molecular flexibility index (Phi) is 3.34. The zero-order valence-corrected chi connectivity index (χ0v) is 14.3. The van der Waals surface area contributed by atoms with Crippen molar-refractivity contribution in [3.63, 3.8) is 0 Å². The van der Waals surface area contributed by atoms with E-state index in [1.54, 1.807) is 29.4 Å². The molecule has 24 heavy (non-hydrogen) atoms. The van der Waals surface area contributed by atoms with Crippen molar-refractivity contribution in [2.75, 3.05) is 0 Å². The molecule has 1 fully saturated rings. The molecule has 118 valence electrons. The van der Waals surface area contributed by atoms with E-state index in [0.29, 0.717) is 5.92 Å². The maximum atomic E-state index is 4.47. The number of hydrogen-bond donors (Lipinski definition) is 0. The van der Waals surface area contributed by atoms with Crippen LogP contribution in [0.5, 0.6) is 0 Å². The van der Waals surface area contributed by atoms with E-state index in [1.165, 1.54) is 12.8 Å². The maximum absolute atomic E-state index is 4.47. The molecule has 0 atom stereocenters. The highest BCUT2D eigenvalue weighted by atomic mass is 32.2. The summed E-state index contributed by atoms with van der Waals surface area (Å²) in [5, 5.41) is 12.8. The van der Waals surface area contributed by atoms with Crippen molar-refractivity contribution in [2.24, 2.45) is 0 Å². The number of benzene rings is 1.